The molecule has 1 aromatic carbocycles. The van der Waals surface area contributed by atoms with E-state index in [0.717, 1.165) is 38.8 Å². The normalized spacial score (nSPS) is 24.1. The Morgan fingerprint density at radius 2 is 2.00 bits per heavy atom. The fourth-order valence-corrected chi connectivity index (χ4v) is 5.27. The largest absolute Gasteiger partial charge is 0.489 e. The van der Waals surface area contributed by atoms with Crippen LogP contribution in [-0.2, 0) is 24.1 Å². The third-order valence-electron chi connectivity index (χ3n) is 7.58. The quantitative estimate of drug-likeness (QED) is 0.668. The summed E-state index contributed by atoms with van der Waals surface area (Å²) in [4.78, 5) is 19.7. The first-order chi connectivity index (χ1) is 16.4. The maximum atomic E-state index is 12.8. The molecule has 1 aliphatic carbocycles. The number of benzene rings is 1. The van der Waals surface area contributed by atoms with E-state index in [2.05, 4.69) is 47.2 Å². The number of nitrogens with one attached hydrogen (secondary N) is 1. The van der Waals surface area contributed by atoms with E-state index in [1.54, 1.807) is 12.3 Å². The van der Waals surface area contributed by atoms with Gasteiger partial charge in [-0.15, -0.1) is 0 Å². The summed E-state index contributed by atoms with van der Waals surface area (Å²) in [7, 11) is 0. The van der Waals surface area contributed by atoms with Crippen molar-refractivity contribution in [3.05, 3.63) is 58.9 Å². The standard InChI is InChI=1S/C28H37N3O3/c1-28(2)9-11-31(12-10-28)18-20-5-6-21-15-23(16-22(21)14-20)30-27(32)26-8-7-24(17-29-26)34-19-25-4-3-13-33-25/h5-8,14,17,23,25H,3-4,9-13,15-16,18-19H2,1-2H3,(H,30,32). The van der Waals surface area contributed by atoms with Gasteiger partial charge in [0.15, 0.2) is 0 Å². The number of hydrogen-bond donors (Lipinski definition) is 1. The number of aromatic nitrogens is 1. The fraction of sp³-hybridized carbons (Fsp3) is 0.571. The predicted molar refractivity (Wildman–Crippen MR) is 132 cm³/mol. The SMILES string of the molecule is CC1(C)CCN(Cc2ccc3c(c2)CC(NC(=O)c2ccc(OCC4CCCO4)cn2)C3)CC1. The average Bonchev–Trinajstić information content (AvgIpc) is 3.48. The number of ether oxygens (including phenoxy) is 2. The lowest BCUT2D eigenvalue weighted by Crippen LogP contribution is -2.36. The van der Waals surface area contributed by atoms with Crippen LogP contribution in [0.2, 0.25) is 0 Å². The van der Waals surface area contributed by atoms with Crippen molar-refractivity contribution >= 4 is 5.91 Å². The number of rotatable bonds is 7. The Kier molecular flexibility index (Phi) is 6.89. The Morgan fingerprint density at radius 3 is 2.74 bits per heavy atom. The molecule has 6 nitrogen and oxygen atoms in total. The van der Waals surface area contributed by atoms with Crippen molar-refractivity contribution < 1.29 is 14.3 Å². The third-order valence-corrected chi connectivity index (χ3v) is 7.58. The van der Waals surface area contributed by atoms with Crippen molar-refractivity contribution in [2.75, 3.05) is 26.3 Å². The maximum absolute atomic E-state index is 12.8. The zero-order chi connectivity index (χ0) is 23.5. The van der Waals surface area contributed by atoms with Gasteiger partial charge in [0, 0.05) is 19.2 Å². The molecule has 34 heavy (non-hydrogen) atoms. The Morgan fingerprint density at radius 1 is 1.18 bits per heavy atom. The van der Waals surface area contributed by atoms with E-state index >= 15 is 0 Å². The van der Waals surface area contributed by atoms with Gasteiger partial charge in [-0.3, -0.25) is 9.69 Å². The molecule has 182 valence electrons. The summed E-state index contributed by atoms with van der Waals surface area (Å²) in [5.74, 6) is 0.546. The van der Waals surface area contributed by atoms with Crippen LogP contribution in [0.5, 0.6) is 5.75 Å². The highest BCUT2D eigenvalue weighted by atomic mass is 16.5. The highest BCUT2D eigenvalue weighted by molar-refractivity contribution is 5.92. The van der Waals surface area contributed by atoms with Crippen molar-refractivity contribution in [1.29, 1.82) is 0 Å². The number of hydrogen-bond acceptors (Lipinski definition) is 5. The Hall–Kier alpha value is -2.44. The Balaban J connectivity index is 1.11. The first kappa shape index (κ1) is 23.3. The summed E-state index contributed by atoms with van der Waals surface area (Å²) in [6.07, 6.45) is 8.21. The summed E-state index contributed by atoms with van der Waals surface area (Å²) in [6.45, 7) is 9.46. The number of piperidine rings is 1. The van der Waals surface area contributed by atoms with Crippen LogP contribution in [0.3, 0.4) is 0 Å². The van der Waals surface area contributed by atoms with Gasteiger partial charge in [-0.05, 0) is 85.9 Å². The second-order valence-electron chi connectivity index (χ2n) is 10.9. The van der Waals surface area contributed by atoms with Gasteiger partial charge in [-0.1, -0.05) is 32.0 Å². The zero-order valence-electron chi connectivity index (χ0n) is 20.5. The van der Waals surface area contributed by atoms with Crippen LogP contribution in [0.25, 0.3) is 0 Å². The van der Waals surface area contributed by atoms with Gasteiger partial charge < -0.3 is 14.8 Å². The number of amides is 1. The average molecular weight is 464 g/mol. The molecule has 1 N–H and O–H groups in total. The maximum Gasteiger partial charge on any atom is 0.270 e. The summed E-state index contributed by atoms with van der Waals surface area (Å²) >= 11 is 0. The van der Waals surface area contributed by atoms with Crippen LogP contribution in [0, 0.1) is 5.41 Å². The number of pyridine rings is 1. The Labute approximate surface area is 203 Å². The molecular weight excluding hydrogens is 426 g/mol. The summed E-state index contributed by atoms with van der Waals surface area (Å²) < 4.78 is 11.3. The number of carbonyl (C=O) groups excluding carboxylic acids is 1. The van der Waals surface area contributed by atoms with Crippen LogP contribution >= 0.6 is 0 Å². The van der Waals surface area contributed by atoms with Crippen LogP contribution in [0.4, 0.5) is 0 Å². The molecule has 0 radical (unpaired) electrons. The van der Waals surface area contributed by atoms with Gasteiger partial charge in [0.25, 0.3) is 5.91 Å². The fourth-order valence-electron chi connectivity index (χ4n) is 5.27. The van der Waals surface area contributed by atoms with E-state index in [1.165, 1.54) is 42.6 Å². The molecule has 1 amide bonds. The van der Waals surface area contributed by atoms with Gasteiger partial charge in [0.05, 0.1) is 12.3 Å². The molecule has 1 aromatic heterocycles. The van der Waals surface area contributed by atoms with Crippen molar-refractivity contribution in [2.45, 2.75) is 71.1 Å². The lowest BCUT2D eigenvalue weighted by Gasteiger charge is -2.37. The summed E-state index contributed by atoms with van der Waals surface area (Å²) in [5, 5.41) is 3.18. The van der Waals surface area contributed by atoms with Crippen molar-refractivity contribution in [1.82, 2.24) is 15.2 Å². The highest BCUT2D eigenvalue weighted by Crippen LogP contribution is 2.31. The minimum atomic E-state index is -0.125. The van der Waals surface area contributed by atoms with Crippen LogP contribution in [-0.4, -0.2) is 54.2 Å². The molecule has 2 unspecified atom stereocenters. The van der Waals surface area contributed by atoms with Gasteiger partial charge in [-0.2, -0.15) is 0 Å². The number of carbonyl (C=O) groups is 1. The third kappa shape index (κ3) is 5.78. The topological polar surface area (TPSA) is 63.7 Å². The van der Waals surface area contributed by atoms with Gasteiger partial charge in [0.2, 0.25) is 0 Å². The van der Waals surface area contributed by atoms with Crippen molar-refractivity contribution in [2.24, 2.45) is 5.41 Å². The molecule has 6 heteroatoms. The van der Waals surface area contributed by atoms with Crippen molar-refractivity contribution in [3.63, 3.8) is 0 Å². The van der Waals surface area contributed by atoms with Gasteiger partial charge in [-0.25, -0.2) is 4.98 Å². The van der Waals surface area contributed by atoms with E-state index < -0.39 is 0 Å². The van der Waals surface area contributed by atoms with E-state index in [0.29, 0.717) is 23.5 Å². The van der Waals surface area contributed by atoms with Crippen LogP contribution in [0.1, 0.15) is 66.7 Å². The second kappa shape index (κ2) is 10.0. The smallest absolute Gasteiger partial charge is 0.270 e. The van der Waals surface area contributed by atoms with Crippen LogP contribution < -0.4 is 10.1 Å². The zero-order valence-corrected chi connectivity index (χ0v) is 20.5. The first-order valence-corrected chi connectivity index (χ1v) is 12.8. The lowest BCUT2D eigenvalue weighted by atomic mass is 9.82. The lowest BCUT2D eigenvalue weighted by molar-refractivity contribution is 0.0678. The molecule has 2 atom stereocenters. The molecule has 0 saturated carbocycles. The van der Waals surface area contributed by atoms with E-state index in [4.69, 9.17) is 9.47 Å². The molecule has 0 spiro atoms. The number of likely N-dealkylation sites (tertiary alicyclic amines) is 1. The monoisotopic (exact) mass is 463 g/mol. The van der Waals surface area contributed by atoms with E-state index in [9.17, 15) is 4.79 Å². The molecule has 0 bridgehead atoms. The molecule has 2 aliphatic heterocycles. The van der Waals surface area contributed by atoms with E-state index in [-0.39, 0.29) is 18.1 Å². The molecule has 2 aromatic rings. The molecular formula is C28H37N3O3. The number of fused-ring (bicyclic) bond motifs is 1. The van der Waals surface area contributed by atoms with Gasteiger partial charge >= 0.3 is 0 Å². The van der Waals surface area contributed by atoms with Crippen molar-refractivity contribution in [3.8, 4) is 5.75 Å². The summed E-state index contributed by atoms with van der Waals surface area (Å²) in [5.41, 5.74) is 5.00. The summed E-state index contributed by atoms with van der Waals surface area (Å²) in [6, 6.07) is 10.5. The Bertz CT molecular complexity index is 988. The minimum absolute atomic E-state index is 0.116. The second-order valence-corrected chi connectivity index (χ2v) is 10.9. The highest BCUT2D eigenvalue weighted by Gasteiger charge is 2.27. The van der Waals surface area contributed by atoms with Gasteiger partial charge in [0.1, 0.15) is 18.1 Å². The molecule has 2 saturated heterocycles. The first-order valence-electron chi connectivity index (χ1n) is 12.8. The minimum Gasteiger partial charge on any atom is -0.489 e. The van der Waals surface area contributed by atoms with E-state index in [1.807, 2.05) is 6.07 Å². The predicted octanol–water partition coefficient (Wildman–Crippen LogP) is 4.16. The van der Waals surface area contributed by atoms with Crippen LogP contribution in [0.15, 0.2) is 36.5 Å². The molecule has 2 fully saturated rings. The molecule has 5 rings (SSSR count). The molecule has 3 aliphatic rings. The number of nitrogens with zero attached hydrogens (tertiary/aromatic N) is 2. The molecule has 3 heterocycles.